The van der Waals surface area contributed by atoms with Crippen LogP contribution in [0.5, 0.6) is 0 Å². The van der Waals surface area contributed by atoms with Crippen molar-refractivity contribution in [2.45, 2.75) is 19.8 Å². The summed E-state index contributed by atoms with van der Waals surface area (Å²) >= 11 is 0. The van der Waals surface area contributed by atoms with E-state index in [4.69, 9.17) is 5.84 Å². The Labute approximate surface area is 110 Å². The van der Waals surface area contributed by atoms with Gasteiger partial charge in [0.15, 0.2) is 11.6 Å². The molecule has 2 rings (SSSR count). The minimum atomic E-state index is -0.558. The first-order chi connectivity index (χ1) is 9.01. The van der Waals surface area contributed by atoms with Crippen molar-refractivity contribution in [2.75, 3.05) is 10.7 Å². The van der Waals surface area contributed by atoms with Crippen molar-refractivity contribution in [1.82, 2.24) is 19.7 Å². The van der Waals surface area contributed by atoms with E-state index in [-0.39, 0.29) is 17.7 Å². The van der Waals surface area contributed by atoms with E-state index in [1.54, 1.807) is 17.9 Å². The maximum atomic E-state index is 13.6. The largest absolute Gasteiger partial charge is 0.335 e. The molecule has 2 heterocycles. The zero-order valence-electron chi connectivity index (χ0n) is 11.0. The van der Waals surface area contributed by atoms with E-state index in [0.29, 0.717) is 5.69 Å². The minimum absolute atomic E-state index is 0.0536. The summed E-state index contributed by atoms with van der Waals surface area (Å²) in [6.45, 7) is 4.02. The van der Waals surface area contributed by atoms with Gasteiger partial charge < -0.3 is 5.32 Å². The summed E-state index contributed by atoms with van der Waals surface area (Å²) in [5.74, 6) is 5.05. The molecule has 2 aromatic rings. The van der Waals surface area contributed by atoms with Crippen molar-refractivity contribution >= 4 is 17.5 Å². The maximum Gasteiger partial charge on any atom is 0.239 e. The highest BCUT2D eigenvalue weighted by Crippen LogP contribution is 2.26. The molecule has 7 nitrogen and oxygen atoms in total. The second-order valence-electron chi connectivity index (χ2n) is 4.42. The fraction of sp³-hybridized carbons (Fsp3) is 0.364. The third-order valence-corrected chi connectivity index (χ3v) is 2.53. The van der Waals surface area contributed by atoms with Crippen molar-refractivity contribution in [3.63, 3.8) is 0 Å². The number of nitrogens with zero attached hydrogens (tertiary/aromatic N) is 4. The molecule has 0 spiro atoms. The standard InChI is InChI=1S/C11H16FN7/c1-6(2)9-8(5-19(3)18-9)15-10-7(12)4-14-11(16-10)17-13/h4-6H,13H2,1-3H3,(H2,14,15,16,17). The molecular weight excluding hydrogens is 249 g/mol. The van der Waals surface area contributed by atoms with Crippen LogP contribution in [0.1, 0.15) is 25.5 Å². The average Bonchev–Trinajstić information content (AvgIpc) is 2.73. The van der Waals surface area contributed by atoms with Crippen LogP contribution in [0, 0.1) is 5.82 Å². The number of nitrogen functional groups attached to an aromatic ring is 1. The number of halogens is 1. The van der Waals surface area contributed by atoms with Gasteiger partial charge in [-0.3, -0.25) is 10.1 Å². The molecule has 19 heavy (non-hydrogen) atoms. The number of rotatable bonds is 4. The van der Waals surface area contributed by atoms with E-state index in [9.17, 15) is 4.39 Å². The summed E-state index contributed by atoms with van der Waals surface area (Å²) in [6.07, 6.45) is 2.82. The summed E-state index contributed by atoms with van der Waals surface area (Å²) in [5, 5.41) is 7.24. The summed E-state index contributed by atoms with van der Waals surface area (Å²) in [6, 6.07) is 0. The third kappa shape index (κ3) is 2.79. The molecule has 0 fully saturated rings. The number of aromatic nitrogens is 4. The van der Waals surface area contributed by atoms with Gasteiger partial charge in [0, 0.05) is 13.2 Å². The van der Waals surface area contributed by atoms with E-state index in [2.05, 4.69) is 25.8 Å². The van der Waals surface area contributed by atoms with Gasteiger partial charge in [-0.05, 0) is 5.92 Å². The van der Waals surface area contributed by atoms with Gasteiger partial charge in [-0.25, -0.2) is 15.2 Å². The molecule has 0 saturated heterocycles. The van der Waals surface area contributed by atoms with Crippen LogP contribution in [-0.4, -0.2) is 19.7 Å². The Morgan fingerprint density at radius 2 is 2.16 bits per heavy atom. The Balaban J connectivity index is 2.35. The fourth-order valence-corrected chi connectivity index (χ4v) is 1.68. The highest BCUT2D eigenvalue weighted by Gasteiger charge is 2.14. The van der Waals surface area contributed by atoms with Gasteiger partial charge in [0.2, 0.25) is 5.95 Å². The molecule has 0 atom stereocenters. The number of hydrazine groups is 1. The molecule has 0 amide bonds. The van der Waals surface area contributed by atoms with Crippen molar-refractivity contribution < 1.29 is 4.39 Å². The van der Waals surface area contributed by atoms with Gasteiger partial charge in [-0.2, -0.15) is 10.1 Å². The van der Waals surface area contributed by atoms with Crippen LogP contribution in [0.4, 0.5) is 21.8 Å². The third-order valence-electron chi connectivity index (χ3n) is 2.53. The first-order valence-corrected chi connectivity index (χ1v) is 5.81. The molecule has 0 aromatic carbocycles. The van der Waals surface area contributed by atoms with Crippen LogP contribution in [0.15, 0.2) is 12.4 Å². The predicted octanol–water partition coefficient (Wildman–Crippen LogP) is 1.50. The van der Waals surface area contributed by atoms with Crippen molar-refractivity contribution in [2.24, 2.45) is 12.9 Å². The molecule has 0 aliphatic rings. The lowest BCUT2D eigenvalue weighted by Gasteiger charge is -2.09. The molecular formula is C11H16FN7. The SMILES string of the molecule is CC(C)c1nn(C)cc1Nc1nc(NN)ncc1F. The number of nitrogens with one attached hydrogen (secondary N) is 2. The van der Waals surface area contributed by atoms with Crippen LogP contribution in [0.3, 0.4) is 0 Å². The smallest absolute Gasteiger partial charge is 0.239 e. The van der Waals surface area contributed by atoms with Crippen LogP contribution in [0.2, 0.25) is 0 Å². The Morgan fingerprint density at radius 3 is 2.79 bits per heavy atom. The normalized spacial score (nSPS) is 10.8. The zero-order valence-corrected chi connectivity index (χ0v) is 11.0. The molecule has 102 valence electrons. The highest BCUT2D eigenvalue weighted by atomic mass is 19.1. The minimum Gasteiger partial charge on any atom is -0.335 e. The molecule has 0 saturated carbocycles. The summed E-state index contributed by atoms with van der Waals surface area (Å²) < 4.78 is 15.3. The molecule has 0 aliphatic carbocycles. The number of nitrogens with two attached hydrogens (primary N) is 1. The van der Waals surface area contributed by atoms with Gasteiger partial charge in [0.25, 0.3) is 0 Å². The second kappa shape index (κ2) is 5.19. The van der Waals surface area contributed by atoms with Gasteiger partial charge in [-0.15, -0.1) is 0 Å². The quantitative estimate of drug-likeness (QED) is 0.573. The fourth-order valence-electron chi connectivity index (χ4n) is 1.68. The summed E-state index contributed by atoms with van der Waals surface area (Å²) in [4.78, 5) is 7.60. The summed E-state index contributed by atoms with van der Waals surface area (Å²) in [7, 11) is 1.81. The topological polar surface area (TPSA) is 93.7 Å². The number of hydrogen-bond donors (Lipinski definition) is 3. The van der Waals surface area contributed by atoms with Crippen molar-refractivity contribution in [1.29, 1.82) is 0 Å². The Hall–Kier alpha value is -2.22. The Kier molecular flexibility index (Phi) is 3.61. The van der Waals surface area contributed by atoms with Crippen molar-refractivity contribution in [3.8, 4) is 0 Å². The lowest BCUT2D eigenvalue weighted by molar-refractivity contribution is 0.619. The van der Waals surface area contributed by atoms with Crippen LogP contribution in [0.25, 0.3) is 0 Å². The molecule has 4 N–H and O–H groups in total. The first kappa shape index (κ1) is 13.2. The zero-order chi connectivity index (χ0) is 14.0. The lowest BCUT2D eigenvalue weighted by atomic mass is 10.1. The molecule has 0 bridgehead atoms. The lowest BCUT2D eigenvalue weighted by Crippen LogP contribution is -2.12. The van der Waals surface area contributed by atoms with Gasteiger partial charge in [-0.1, -0.05) is 13.8 Å². The molecule has 0 radical (unpaired) electrons. The van der Waals surface area contributed by atoms with Gasteiger partial charge >= 0.3 is 0 Å². The number of hydrogen-bond acceptors (Lipinski definition) is 6. The van der Waals surface area contributed by atoms with Crippen LogP contribution < -0.4 is 16.6 Å². The predicted molar refractivity (Wildman–Crippen MR) is 70.4 cm³/mol. The van der Waals surface area contributed by atoms with E-state index < -0.39 is 5.82 Å². The molecule has 0 aliphatic heterocycles. The highest BCUT2D eigenvalue weighted by molar-refractivity contribution is 5.59. The van der Waals surface area contributed by atoms with E-state index in [1.165, 1.54) is 0 Å². The first-order valence-electron chi connectivity index (χ1n) is 5.81. The molecule has 8 heteroatoms. The second-order valence-corrected chi connectivity index (χ2v) is 4.42. The average molecular weight is 265 g/mol. The Bertz CT molecular complexity index is 578. The van der Waals surface area contributed by atoms with Crippen LogP contribution >= 0.6 is 0 Å². The monoisotopic (exact) mass is 265 g/mol. The van der Waals surface area contributed by atoms with Gasteiger partial charge in [0.1, 0.15) is 0 Å². The van der Waals surface area contributed by atoms with Crippen LogP contribution in [-0.2, 0) is 7.05 Å². The Morgan fingerprint density at radius 1 is 1.42 bits per heavy atom. The molecule has 2 aromatic heterocycles. The molecule has 0 unspecified atom stereocenters. The van der Waals surface area contributed by atoms with Gasteiger partial charge in [0.05, 0.1) is 17.6 Å². The van der Waals surface area contributed by atoms with E-state index in [0.717, 1.165) is 11.9 Å². The van der Waals surface area contributed by atoms with E-state index in [1.807, 2.05) is 13.8 Å². The number of aryl methyl sites for hydroxylation is 1. The van der Waals surface area contributed by atoms with Crippen molar-refractivity contribution in [3.05, 3.63) is 23.9 Å². The maximum absolute atomic E-state index is 13.6. The van der Waals surface area contributed by atoms with E-state index >= 15 is 0 Å². The number of anilines is 3. The summed E-state index contributed by atoms with van der Waals surface area (Å²) in [5.41, 5.74) is 3.82.